The van der Waals surface area contributed by atoms with Crippen LogP contribution in [0.1, 0.15) is 41.6 Å². The fourth-order valence-electron chi connectivity index (χ4n) is 2.42. The molecule has 120 valence electrons. The van der Waals surface area contributed by atoms with Gasteiger partial charge in [0.2, 0.25) is 11.8 Å². The predicted molar refractivity (Wildman–Crippen MR) is 90.0 cm³/mol. The van der Waals surface area contributed by atoms with Gasteiger partial charge >= 0.3 is 0 Å². The van der Waals surface area contributed by atoms with Crippen molar-refractivity contribution in [2.45, 2.75) is 32.1 Å². The molecule has 1 heterocycles. The van der Waals surface area contributed by atoms with E-state index in [0.717, 1.165) is 31.2 Å². The average molecular weight is 311 g/mol. The molecule has 0 unspecified atom stereocenters. The number of anilines is 1. The van der Waals surface area contributed by atoms with Crippen LogP contribution in [0.4, 0.5) is 5.69 Å². The lowest BCUT2D eigenvalue weighted by molar-refractivity contribution is -0.116. The third kappa shape index (κ3) is 5.54. The maximum Gasteiger partial charge on any atom is 0.248 e. The largest absolute Gasteiger partial charge is 0.366 e. The fourth-order valence-corrected chi connectivity index (χ4v) is 2.42. The Kier molecular flexibility index (Phi) is 6.29. The minimum absolute atomic E-state index is 0.00413. The molecule has 1 aromatic carbocycles. The SMILES string of the molecule is NC(=O)c1ccccc1CCCCCC(=O)Nc1cccnc1. The van der Waals surface area contributed by atoms with Gasteiger partial charge in [0.15, 0.2) is 0 Å². The second-order valence-corrected chi connectivity index (χ2v) is 5.37. The maximum atomic E-state index is 11.8. The molecule has 0 saturated heterocycles. The number of aryl methyl sites for hydroxylation is 1. The quantitative estimate of drug-likeness (QED) is 0.735. The van der Waals surface area contributed by atoms with Gasteiger partial charge < -0.3 is 11.1 Å². The Morgan fingerprint density at radius 3 is 2.61 bits per heavy atom. The molecule has 1 aromatic heterocycles. The molecule has 0 saturated carbocycles. The van der Waals surface area contributed by atoms with Gasteiger partial charge in [-0.2, -0.15) is 0 Å². The molecule has 0 bridgehead atoms. The highest BCUT2D eigenvalue weighted by atomic mass is 16.1. The van der Waals surface area contributed by atoms with E-state index in [1.165, 1.54) is 0 Å². The molecule has 0 radical (unpaired) electrons. The number of carbonyl (C=O) groups excluding carboxylic acids is 2. The Bertz CT molecular complexity index is 656. The first-order chi connectivity index (χ1) is 11.2. The summed E-state index contributed by atoms with van der Waals surface area (Å²) in [5.41, 5.74) is 7.63. The molecule has 0 aliphatic heterocycles. The van der Waals surface area contributed by atoms with E-state index in [-0.39, 0.29) is 5.91 Å². The Balaban J connectivity index is 1.68. The zero-order chi connectivity index (χ0) is 16.5. The summed E-state index contributed by atoms with van der Waals surface area (Å²) in [5.74, 6) is -0.396. The van der Waals surface area contributed by atoms with E-state index in [0.29, 0.717) is 17.7 Å². The van der Waals surface area contributed by atoms with Crippen LogP contribution in [-0.2, 0) is 11.2 Å². The van der Waals surface area contributed by atoms with Gasteiger partial charge in [-0.15, -0.1) is 0 Å². The van der Waals surface area contributed by atoms with Crippen molar-refractivity contribution in [2.75, 3.05) is 5.32 Å². The van der Waals surface area contributed by atoms with Crippen LogP contribution in [0.25, 0.3) is 0 Å². The highest BCUT2D eigenvalue weighted by molar-refractivity contribution is 5.94. The lowest BCUT2D eigenvalue weighted by Crippen LogP contribution is -2.13. The topological polar surface area (TPSA) is 85.1 Å². The number of hydrogen-bond acceptors (Lipinski definition) is 3. The summed E-state index contributed by atoms with van der Waals surface area (Å²) in [4.78, 5) is 27.1. The first-order valence-corrected chi connectivity index (χ1v) is 7.74. The van der Waals surface area contributed by atoms with Crippen molar-refractivity contribution in [3.63, 3.8) is 0 Å². The highest BCUT2D eigenvalue weighted by Crippen LogP contribution is 2.13. The third-order valence-corrected chi connectivity index (χ3v) is 3.58. The van der Waals surface area contributed by atoms with Crippen molar-refractivity contribution in [1.82, 2.24) is 4.98 Å². The second kappa shape index (κ2) is 8.68. The summed E-state index contributed by atoms with van der Waals surface area (Å²) in [6.07, 6.45) is 7.22. The number of benzene rings is 1. The number of rotatable bonds is 8. The number of aromatic nitrogens is 1. The van der Waals surface area contributed by atoms with Crippen molar-refractivity contribution in [3.05, 3.63) is 59.9 Å². The Hall–Kier alpha value is -2.69. The number of nitrogens with zero attached hydrogens (tertiary/aromatic N) is 1. The zero-order valence-electron chi connectivity index (χ0n) is 13.0. The van der Waals surface area contributed by atoms with Crippen molar-refractivity contribution in [3.8, 4) is 0 Å². The number of nitrogens with two attached hydrogens (primary N) is 1. The molecular weight excluding hydrogens is 290 g/mol. The van der Waals surface area contributed by atoms with E-state index in [2.05, 4.69) is 10.3 Å². The first-order valence-electron chi connectivity index (χ1n) is 7.74. The summed E-state index contributed by atoms with van der Waals surface area (Å²) in [7, 11) is 0. The lowest BCUT2D eigenvalue weighted by Gasteiger charge is -2.07. The number of hydrogen-bond donors (Lipinski definition) is 2. The number of unbranched alkanes of at least 4 members (excludes halogenated alkanes) is 2. The van der Waals surface area contributed by atoms with Crippen LogP contribution >= 0.6 is 0 Å². The Labute approximate surface area is 135 Å². The minimum Gasteiger partial charge on any atom is -0.366 e. The summed E-state index contributed by atoms with van der Waals surface area (Å²) in [6, 6.07) is 11.0. The maximum absolute atomic E-state index is 11.8. The average Bonchev–Trinajstić information content (AvgIpc) is 2.55. The number of nitrogens with one attached hydrogen (secondary N) is 1. The van der Waals surface area contributed by atoms with Crippen molar-refractivity contribution < 1.29 is 9.59 Å². The van der Waals surface area contributed by atoms with Gasteiger partial charge in [-0.25, -0.2) is 0 Å². The summed E-state index contributed by atoms with van der Waals surface area (Å²) < 4.78 is 0. The van der Waals surface area contributed by atoms with E-state index < -0.39 is 5.91 Å². The molecule has 0 atom stereocenters. The van der Waals surface area contributed by atoms with Crippen LogP contribution in [-0.4, -0.2) is 16.8 Å². The van der Waals surface area contributed by atoms with Gasteiger partial charge in [0, 0.05) is 18.2 Å². The Morgan fingerprint density at radius 2 is 1.87 bits per heavy atom. The summed E-state index contributed by atoms with van der Waals surface area (Å²) >= 11 is 0. The van der Waals surface area contributed by atoms with E-state index in [1.54, 1.807) is 24.5 Å². The van der Waals surface area contributed by atoms with Crippen LogP contribution < -0.4 is 11.1 Å². The molecular formula is C18H21N3O2. The van der Waals surface area contributed by atoms with Crippen molar-refractivity contribution >= 4 is 17.5 Å². The van der Waals surface area contributed by atoms with Crippen molar-refractivity contribution in [2.24, 2.45) is 5.73 Å². The van der Waals surface area contributed by atoms with Crippen LogP contribution in [0, 0.1) is 0 Å². The van der Waals surface area contributed by atoms with Crippen LogP contribution in [0.5, 0.6) is 0 Å². The van der Waals surface area contributed by atoms with Gasteiger partial charge in [0.05, 0.1) is 11.9 Å². The summed E-state index contributed by atoms with van der Waals surface area (Å²) in [6.45, 7) is 0. The summed E-state index contributed by atoms with van der Waals surface area (Å²) in [5, 5.41) is 2.81. The molecule has 2 amide bonds. The smallest absolute Gasteiger partial charge is 0.248 e. The normalized spacial score (nSPS) is 10.3. The molecule has 2 aromatic rings. The van der Waals surface area contributed by atoms with E-state index in [4.69, 9.17) is 5.73 Å². The highest BCUT2D eigenvalue weighted by Gasteiger charge is 2.07. The molecule has 0 aliphatic carbocycles. The van der Waals surface area contributed by atoms with Crippen LogP contribution in [0.2, 0.25) is 0 Å². The fraction of sp³-hybridized carbons (Fsp3) is 0.278. The monoisotopic (exact) mass is 311 g/mol. The van der Waals surface area contributed by atoms with Gasteiger partial charge in [0.1, 0.15) is 0 Å². The third-order valence-electron chi connectivity index (χ3n) is 3.58. The molecule has 3 N–H and O–H groups in total. The number of primary amides is 1. The van der Waals surface area contributed by atoms with E-state index >= 15 is 0 Å². The molecule has 23 heavy (non-hydrogen) atoms. The standard InChI is InChI=1S/C18H21N3O2/c19-18(23)16-10-5-4-8-14(16)7-2-1-3-11-17(22)21-15-9-6-12-20-13-15/h4-6,8-10,12-13H,1-3,7,11H2,(H2,19,23)(H,21,22). The number of amides is 2. The lowest BCUT2D eigenvalue weighted by atomic mass is 10.0. The molecule has 5 heteroatoms. The van der Waals surface area contributed by atoms with E-state index in [9.17, 15) is 9.59 Å². The van der Waals surface area contributed by atoms with Gasteiger partial charge in [-0.3, -0.25) is 14.6 Å². The Morgan fingerprint density at radius 1 is 1.04 bits per heavy atom. The zero-order valence-corrected chi connectivity index (χ0v) is 13.0. The van der Waals surface area contributed by atoms with Gasteiger partial charge in [-0.05, 0) is 43.0 Å². The first kappa shape index (κ1) is 16.7. The molecule has 0 fully saturated rings. The van der Waals surface area contributed by atoms with Crippen LogP contribution in [0.3, 0.4) is 0 Å². The minimum atomic E-state index is -0.392. The van der Waals surface area contributed by atoms with Gasteiger partial charge in [-0.1, -0.05) is 24.6 Å². The predicted octanol–water partition coefficient (Wildman–Crippen LogP) is 2.92. The molecule has 2 rings (SSSR count). The number of carbonyl (C=O) groups is 2. The second-order valence-electron chi connectivity index (χ2n) is 5.37. The molecule has 0 spiro atoms. The molecule has 0 aliphatic rings. The van der Waals surface area contributed by atoms with Gasteiger partial charge in [0.25, 0.3) is 0 Å². The number of pyridine rings is 1. The van der Waals surface area contributed by atoms with Crippen LogP contribution in [0.15, 0.2) is 48.8 Å². The molecule has 5 nitrogen and oxygen atoms in total. The van der Waals surface area contributed by atoms with E-state index in [1.807, 2.05) is 24.3 Å². The van der Waals surface area contributed by atoms with Crippen molar-refractivity contribution in [1.29, 1.82) is 0 Å².